The zero-order chi connectivity index (χ0) is 17.5. The second-order valence-corrected chi connectivity index (χ2v) is 9.36. The lowest BCUT2D eigenvalue weighted by atomic mass is 10.2. The van der Waals surface area contributed by atoms with E-state index in [1.54, 1.807) is 24.3 Å². The van der Waals surface area contributed by atoms with Crippen molar-refractivity contribution in [3.05, 3.63) is 46.2 Å². The number of allylic oxidation sites excluding steroid dienone is 1. The molecule has 2 aromatic rings. The monoisotopic (exact) mass is 386 g/mol. The fourth-order valence-electron chi connectivity index (χ4n) is 2.60. The number of rotatable bonds is 4. The Labute approximate surface area is 148 Å². The van der Waals surface area contributed by atoms with Crippen molar-refractivity contribution < 1.29 is 13.5 Å². The molecule has 0 aliphatic carbocycles. The van der Waals surface area contributed by atoms with Crippen LogP contribution in [0.3, 0.4) is 0 Å². The average molecular weight is 387 g/mol. The fourth-order valence-corrected chi connectivity index (χ4v) is 6.36. The van der Waals surface area contributed by atoms with Crippen LogP contribution in [0.1, 0.15) is 0 Å². The van der Waals surface area contributed by atoms with Gasteiger partial charge in [-0.3, -0.25) is 9.36 Å². The van der Waals surface area contributed by atoms with Gasteiger partial charge in [0.1, 0.15) is 0 Å². The maximum atomic E-state index is 12.7. The number of aliphatic hydroxyl groups excluding tert-OH is 1. The number of thioether (sulfide) groups is 1. The molecule has 2 heterocycles. The Morgan fingerprint density at radius 3 is 2.83 bits per heavy atom. The maximum Gasteiger partial charge on any atom is 0.262 e. The van der Waals surface area contributed by atoms with Crippen molar-refractivity contribution in [2.24, 2.45) is 0 Å². The number of sulfone groups is 1. The second kappa shape index (κ2) is 6.51. The third kappa shape index (κ3) is 3.37. The number of aromatic nitrogens is 2. The third-order valence-electron chi connectivity index (χ3n) is 3.72. The summed E-state index contributed by atoms with van der Waals surface area (Å²) in [7, 11) is -3.27. The molecule has 2 atom stereocenters. The molecule has 0 bridgehead atoms. The molecule has 0 radical (unpaired) electrons. The van der Waals surface area contributed by atoms with Crippen LogP contribution in [-0.4, -0.2) is 45.9 Å². The van der Waals surface area contributed by atoms with Gasteiger partial charge in [0.2, 0.25) is 0 Å². The van der Waals surface area contributed by atoms with Gasteiger partial charge in [0.05, 0.1) is 33.8 Å². The standard InChI is InChI=1S/C15H15ClN2O4S2/c1-2-5-18-14(20)10-6-9(16)3-4-11(10)17-15(18)23-13-8-24(21,22)7-12(13)19/h2-4,6,12-13,19H,1,5,7-8H2/t12-,13+/m1/s1. The van der Waals surface area contributed by atoms with Crippen molar-refractivity contribution in [3.8, 4) is 0 Å². The molecule has 1 aromatic carbocycles. The normalized spacial score (nSPS) is 22.8. The quantitative estimate of drug-likeness (QED) is 0.632. The van der Waals surface area contributed by atoms with Crippen molar-refractivity contribution >= 4 is 44.1 Å². The SMILES string of the molecule is C=CCn1c(S[C@H]2CS(=O)(=O)C[C@H]2O)nc2ccc(Cl)cc2c1=O. The summed E-state index contributed by atoms with van der Waals surface area (Å²) in [5.74, 6) is -0.402. The van der Waals surface area contributed by atoms with Crippen LogP contribution in [0, 0.1) is 0 Å². The highest BCUT2D eigenvalue weighted by molar-refractivity contribution is 8.01. The molecule has 1 fully saturated rings. The number of nitrogens with zero attached hydrogens (tertiary/aromatic N) is 2. The molecular weight excluding hydrogens is 372 g/mol. The summed E-state index contributed by atoms with van der Waals surface area (Å²) in [5.41, 5.74) is 0.197. The minimum atomic E-state index is -3.27. The van der Waals surface area contributed by atoms with E-state index >= 15 is 0 Å². The summed E-state index contributed by atoms with van der Waals surface area (Å²) < 4.78 is 24.8. The first kappa shape index (κ1) is 17.5. The van der Waals surface area contributed by atoms with E-state index < -0.39 is 21.2 Å². The van der Waals surface area contributed by atoms with Crippen LogP contribution in [-0.2, 0) is 16.4 Å². The molecule has 6 nitrogen and oxygen atoms in total. The highest BCUT2D eigenvalue weighted by Gasteiger charge is 2.38. The number of hydrogen-bond donors (Lipinski definition) is 1. The summed E-state index contributed by atoms with van der Waals surface area (Å²) >= 11 is 7.05. The molecule has 1 aliphatic heterocycles. The van der Waals surface area contributed by atoms with Gasteiger partial charge in [-0.2, -0.15) is 0 Å². The molecule has 1 aromatic heterocycles. The molecule has 1 aliphatic rings. The van der Waals surface area contributed by atoms with Crippen LogP contribution in [0.25, 0.3) is 10.9 Å². The van der Waals surface area contributed by atoms with Gasteiger partial charge in [0.25, 0.3) is 5.56 Å². The van der Waals surface area contributed by atoms with Gasteiger partial charge in [-0.05, 0) is 18.2 Å². The Morgan fingerprint density at radius 1 is 1.46 bits per heavy atom. The predicted molar refractivity (Wildman–Crippen MR) is 95.5 cm³/mol. The topological polar surface area (TPSA) is 89.3 Å². The molecule has 1 N–H and O–H groups in total. The summed E-state index contributed by atoms with van der Waals surface area (Å²) in [6, 6.07) is 4.83. The van der Waals surface area contributed by atoms with Crippen LogP contribution >= 0.6 is 23.4 Å². The van der Waals surface area contributed by atoms with Crippen LogP contribution in [0.5, 0.6) is 0 Å². The van der Waals surface area contributed by atoms with Gasteiger partial charge in [-0.25, -0.2) is 13.4 Å². The number of halogens is 1. The summed E-state index contributed by atoms with van der Waals surface area (Å²) in [6.07, 6.45) is 0.584. The van der Waals surface area contributed by atoms with Crippen LogP contribution in [0.15, 0.2) is 40.8 Å². The van der Waals surface area contributed by atoms with Crippen molar-refractivity contribution in [2.45, 2.75) is 23.1 Å². The van der Waals surface area contributed by atoms with E-state index in [0.29, 0.717) is 21.1 Å². The lowest BCUT2D eigenvalue weighted by molar-refractivity contribution is 0.207. The maximum absolute atomic E-state index is 12.7. The van der Waals surface area contributed by atoms with E-state index in [0.717, 1.165) is 11.8 Å². The molecular formula is C15H15ClN2O4S2. The van der Waals surface area contributed by atoms with E-state index in [1.165, 1.54) is 4.57 Å². The van der Waals surface area contributed by atoms with E-state index in [1.807, 2.05) is 0 Å². The molecule has 0 unspecified atom stereocenters. The Morgan fingerprint density at radius 2 is 2.21 bits per heavy atom. The predicted octanol–water partition coefficient (Wildman–Crippen LogP) is 1.49. The van der Waals surface area contributed by atoms with Crippen LogP contribution in [0.2, 0.25) is 5.02 Å². The Bertz CT molecular complexity index is 971. The van der Waals surface area contributed by atoms with E-state index in [2.05, 4.69) is 11.6 Å². The molecule has 1 saturated heterocycles. The second-order valence-electron chi connectivity index (χ2n) is 5.56. The van der Waals surface area contributed by atoms with Crippen molar-refractivity contribution in [3.63, 3.8) is 0 Å². The highest BCUT2D eigenvalue weighted by Crippen LogP contribution is 2.30. The van der Waals surface area contributed by atoms with E-state index in [9.17, 15) is 18.3 Å². The number of benzene rings is 1. The van der Waals surface area contributed by atoms with Gasteiger partial charge in [0.15, 0.2) is 15.0 Å². The zero-order valence-corrected chi connectivity index (χ0v) is 14.9. The first-order valence-electron chi connectivity index (χ1n) is 7.17. The molecule has 9 heteroatoms. The van der Waals surface area contributed by atoms with E-state index in [-0.39, 0.29) is 23.6 Å². The van der Waals surface area contributed by atoms with Gasteiger partial charge >= 0.3 is 0 Å². The van der Waals surface area contributed by atoms with Crippen molar-refractivity contribution in [1.29, 1.82) is 0 Å². The minimum Gasteiger partial charge on any atom is -0.391 e. The minimum absolute atomic E-state index is 0.137. The highest BCUT2D eigenvalue weighted by atomic mass is 35.5. The lowest BCUT2D eigenvalue weighted by Gasteiger charge is -2.16. The van der Waals surface area contributed by atoms with Crippen LogP contribution in [0.4, 0.5) is 0 Å². The van der Waals surface area contributed by atoms with Crippen LogP contribution < -0.4 is 5.56 Å². The van der Waals surface area contributed by atoms with Gasteiger partial charge < -0.3 is 5.11 Å². The van der Waals surface area contributed by atoms with Gasteiger partial charge in [-0.15, -0.1) is 6.58 Å². The third-order valence-corrected chi connectivity index (χ3v) is 7.19. The summed E-state index contributed by atoms with van der Waals surface area (Å²) in [6.45, 7) is 3.87. The summed E-state index contributed by atoms with van der Waals surface area (Å²) in [5, 5.41) is 10.6. The Balaban J connectivity index is 2.09. The largest absolute Gasteiger partial charge is 0.391 e. The first-order chi connectivity index (χ1) is 11.3. The molecule has 0 amide bonds. The lowest BCUT2D eigenvalue weighted by Crippen LogP contribution is -2.26. The number of aliphatic hydroxyl groups is 1. The smallest absolute Gasteiger partial charge is 0.262 e. The van der Waals surface area contributed by atoms with Gasteiger partial charge in [-0.1, -0.05) is 29.4 Å². The number of fused-ring (bicyclic) bond motifs is 1. The Kier molecular flexibility index (Phi) is 4.74. The molecule has 0 saturated carbocycles. The van der Waals surface area contributed by atoms with Crippen molar-refractivity contribution in [2.75, 3.05) is 11.5 Å². The Hall–Kier alpha value is -1.35. The molecule has 3 rings (SSSR count). The molecule has 24 heavy (non-hydrogen) atoms. The first-order valence-corrected chi connectivity index (χ1v) is 10.2. The zero-order valence-electron chi connectivity index (χ0n) is 12.6. The summed E-state index contributed by atoms with van der Waals surface area (Å²) in [4.78, 5) is 17.2. The number of hydrogen-bond acceptors (Lipinski definition) is 6. The average Bonchev–Trinajstić information content (AvgIpc) is 2.76. The molecule has 0 spiro atoms. The van der Waals surface area contributed by atoms with E-state index in [4.69, 9.17) is 11.6 Å². The van der Waals surface area contributed by atoms with Crippen molar-refractivity contribution in [1.82, 2.24) is 9.55 Å². The fraction of sp³-hybridized carbons (Fsp3) is 0.333. The molecule has 128 valence electrons. The van der Waals surface area contributed by atoms with Gasteiger partial charge in [0, 0.05) is 11.6 Å².